The third-order valence-electron chi connectivity index (χ3n) is 7.21. The molecule has 9 nitrogen and oxygen atoms in total. The van der Waals surface area contributed by atoms with E-state index in [2.05, 4.69) is 31.9 Å². The van der Waals surface area contributed by atoms with E-state index in [9.17, 15) is 24.3 Å². The molecule has 6 rings (SSSR count). The van der Waals surface area contributed by atoms with Crippen molar-refractivity contribution in [3.63, 3.8) is 0 Å². The summed E-state index contributed by atoms with van der Waals surface area (Å²) in [5.74, 6) is -1.59. The van der Waals surface area contributed by atoms with Crippen LogP contribution in [0.5, 0.6) is 11.5 Å². The molecule has 3 aliphatic rings. The Kier molecular flexibility index (Phi) is 5.80. The lowest BCUT2D eigenvalue weighted by atomic mass is 9.68. The number of nitrogens with zero attached hydrogens (tertiary/aromatic N) is 3. The van der Waals surface area contributed by atoms with E-state index in [1.807, 2.05) is 0 Å². The number of hydrogen-bond acceptors (Lipinski definition) is 6. The van der Waals surface area contributed by atoms with Crippen LogP contribution in [-0.4, -0.2) is 37.7 Å². The van der Waals surface area contributed by atoms with E-state index in [0.717, 1.165) is 4.57 Å². The summed E-state index contributed by atoms with van der Waals surface area (Å²) in [5, 5.41) is 11.2. The van der Waals surface area contributed by atoms with Gasteiger partial charge in [0, 0.05) is 39.6 Å². The van der Waals surface area contributed by atoms with E-state index in [4.69, 9.17) is 4.74 Å². The number of rotatable bonds is 3. The molecule has 1 aromatic heterocycles. The average molecular weight is 641 g/mol. The van der Waals surface area contributed by atoms with Gasteiger partial charge in [0.2, 0.25) is 0 Å². The van der Waals surface area contributed by atoms with Gasteiger partial charge >= 0.3 is 11.4 Å². The van der Waals surface area contributed by atoms with Crippen molar-refractivity contribution in [2.75, 3.05) is 7.11 Å². The zero-order valence-corrected chi connectivity index (χ0v) is 23.0. The highest BCUT2D eigenvalue weighted by molar-refractivity contribution is 9.12. The summed E-state index contributed by atoms with van der Waals surface area (Å²) >= 11 is 6.64. The SMILES string of the molecule is COc1cc(Br)cc(C2C3=CCn4c(=O)n(-c5ccccc5)c(=O)n4C3CC3=C2C(=O)C=C(Br)C3=O)c1O. The van der Waals surface area contributed by atoms with Crippen LogP contribution in [0.4, 0.5) is 0 Å². The predicted molar refractivity (Wildman–Crippen MR) is 145 cm³/mol. The lowest BCUT2D eigenvalue weighted by Crippen LogP contribution is -2.40. The number of carbonyl (C=O) groups is 2. The molecule has 0 bridgehead atoms. The lowest BCUT2D eigenvalue weighted by molar-refractivity contribution is -0.115. The van der Waals surface area contributed by atoms with E-state index in [0.29, 0.717) is 21.3 Å². The van der Waals surface area contributed by atoms with Gasteiger partial charge in [-0.05, 0) is 45.8 Å². The maximum atomic E-state index is 13.7. The molecule has 192 valence electrons. The number of para-hydroxylation sites is 1. The minimum absolute atomic E-state index is 0.0369. The van der Waals surface area contributed by atoms with E-state index in [1.165, 1.54) is 22.5 Å². The monoisotopic (exact) mass is 639 g/mol. The van der Waals surface area contributed by atoms with Gasteiger partial charge < -0.3 is 9.84 Å². The molecular weight excluding hydrogens is 622 g/mol. The van der Waals surface area contributed by atoms with Gasteiger partial charge in [0.1, 0.15) is 0 Å². The number of phenolic OH excluding ortho intramolecular Hbond substituents is 1. The smallest absolute Gasteiger partial charge is 0.352 e. The molecule has 2 heterocycles. The van der Waals surface area contributed by atoms with Gasteiger partial charge in [-0.25, -0.2) is 23.5 Å². The average Bonchev–Trinajstić information content (AvgIpc) is 3.17. The van der Waals surface area contributed by atoms with Gasteiger partial charge in [-0.15, -0.1) is 0 Å². The van der Waals surface area contributed by atoms with Crippen molar-refractivity contribution in [2.24, 2.45) is 0 Å². The zero-order chi connectivity index (χ0) is 26.9. The fourth-order valence-electron chi connectivity index (χ4n) is 5.60. The molecule has 0 saturated carbocycles. The van der Waals surface area contributed by atoms with Gasteiger partial charge in [-0.1, -0.05) is 40.2 Å². The van der Waals surface area contributed by atoms with E-state index < -0.39 is 23.3 Å². The standard InChI is InChI=1S/C27H19Br2N3O6/c1-38-21-10-13(28)9-16(25(21)35)22-15-7-8-30-26(36)31(14-5-3-2-4-6-14)27(37)32(30)19(15)11-17-23(22)20(33)12-18(29)24(17)34/h2-7,9-10,12,19,22,35H,8,11H2,1H3. The number of fused-ring (bicyclic) bond motifs is 3. The maximum Gasteiger partial charge on any atom is 0.352 e. The number of ketones is 2. The fourth-order valence-corrected chi connectivity index (χ4v) is 6.50. The van der Waals surface area contributed by atoms with Gasteiger partial charge in [0.15, 0.2) is 23.1 Å². The Hall–Kier alpha value is -3.70. The van der Waals surface area contributed by atoms with Crippen LogP contribution in [0.15, 0.2) is 89.9 Å². The molecule has 0 spiro atoms. The molecule has 0 radical (unpaired) electrons. The number of phenols is 1. The van der Waals surface area contributed by atoms with E-state index in [-0.39, 0.29) is 51.7 Å². The van der Waals surface area contributed by atoms with E-state index >= 15 is 0 Å². The summed E-state index contributed by atoms with van der Waals surface area (Å²) in [7, 11) is 1.42. The number of hydrogen-bond donors (Lipinski definition) is 1. The Morgan fingerprint density at radius 2 is 1.76 bits per heavy atom. The van der Waals surface area contributed by atoms with Gasteiger partial charge in [-0.3, -0.25) is 9.59 Å². The summed E-state index contributed by atoms with van der Waals surface area (Å²) in [6.07, 6.45) is 3.07. The summed E-state index contributed by atoms with van der Waals surface area (Å²) in [6, 6.07) is 11.1. The van der Waals surface area contributed by atoms with Gasteiger partial charge in [-0.2, -0.15) is 0 Å². The highest BCUT2D eigenvalue weighted by Crippen LogP contribution is 2.53. The molecule has 1 N–H and O–H groups in total. The van der Waals surface area contributed by atoms with Crippen LogP contribution < -0.4 is 16.1 Å². The Morgan fingerprint density at radius 1 is 1.03 bits per heavy atom. The molecular formula is C27H19Br2N3O6. The highest BCUT2D eigenvalue weighted by Gasteiger charge is 2.46. The predicted octanol–water partition coefficient (Wildman–Crippen LogP) is 3.67. The van der Waals surface area contributed by atoms with Crippen LogP contribution in [0.1, 0.15) is 23.9 Å². The first-order chi connectivity index (χ1) is 18.2. The highest BCUT2D eigenvalue weighted by atomic mass is 79.9. The number of ether oxygens (including phenoxy) is 1. The van der Waals surface area contributed by atoms with Crippen LogP contribution >= 0.6 is 31.9 Å². The molecule has 0 amide bonds. The Bertz CT molecular complexity index is 1770. The number of allylic oxidation sites excluding steroid dienone is 6. The first kappa shape index (κ1) is 24.6. The minimum atomic E-state index is -0.848. The van der Waals surface area contributed by atoms with Crippen molar-refractivity contribution >= 4 is 43.4 Å². The third kappa shape index (κ3) is 3.48. The molecule has 38 heavy (non-hydrogen) atoms. The van der Waals surface area contributed by atoms with Crippen molar-refractivity contribution < 1.29 is 19.4 Å². The largest absolute Gasteiger partial charge is 0.504 e. The molecule has 0 saturated heterocycles. The van der Waals surface area contributed by atoms with Crippen molar-refractivity contribution in [3.05, 3.63) is 107 Å². The molecule has 2 aromatic carbocycles. The lowest BCUT2D eigenvalue weighted by Gasteiger charge is -2.39. The molecule has 11 heteroatoms. The first-order valence-electron chi connectivity index (χ1n) is 11.7. The van der Waals surface area contributed by atoms with Gasteiger partial charge in [0.25, 0.3) is 0 Å². The second-order valence-electron chi connectivity index (χ2n) is 9.14. The number of carbonyl (C=O) groups excluding carboxylic acids is 2. The molecule has 1 aliphatic heterocycles. The Labute approximate surface area is 232 Å². The number of aromatic nitrogens is 3. The van der Waals surface area contributed by atoms with Crippen LogP contribution in [0.3, 0.4) is 0 Å². The molecule has 2 aliphatic carbocycles. The van der Waals surface area contributed by atoms with Crippen molar-refractivity contribution in [1.29, 1.82) is 0 Å². The zero-order valence-electron chi connectivity index (χ0n) is 19.9. The second kappa shape index (κ2) is 8.95. The summed E-state index contributed by atoms with van der Waals surface area (Å²) in [5.41, 5.74) is 0.816. The maximum absolute atomic E-state index is 13.7. The summed E-state index contributed by atoms with van der Waals surface area (Å²) in [6.45, 7) is 0.0758. The minimum Gasteiger partial charge on any atom is -0.504 e. The number of benzene rings is 2. The molecule has 0 fully saturated rings. The summed E-state index contributed by atoms with van der Waals surface area (Å²) < 4.78 is 9.86. The Balaban J connectivity index is 1.62. The van der Waals surface area contributed by atoms with Crippen LogP contribution in [0, 0.1) is 0 Å². The van der Waals surface area contributed by atoms with Crippen molar-refractivity contribution in [1.82, 2.24) is 13.9 Å². The number of aromatic hydroxyl groups is 1. The normalized spacial score (nSPS) is 20.4. The van der Waals surface area contributed by atoms with E-state index in [1.54, 1.807) is 48.5 Å². The third-order valence-corrected chi connectivity index (χ3v) is 8.26. The fraction of sp³-hybridized carbons (Fsp3) is 0.185. The van der Waals surface area contributed by atoms with Crippen LogP contribution in [0.2, 0.25) is 0 Å². The number of Topliss-reactive ketones (excluding diaryl/α,β-unsaturated/α-hetero) is 1. The summed E-state index contributed by atoms with van der Waals surface area (Å²) in [4.78, 5) is 53.8. The second-order valence-corrected chi connectivity index (χ2v) is 10.9. The Morgan fingerprint density at radius 3 is 2.47 bits per heavy atom. The van der Waals surface area contributed by atoms with Crippen LogP contribution in [0.25, 0.3) is 5.69 Å². The first-order valence-corrected chi connectivity index (χ1v) is 13.3. The topological polar surface area (TPSA) is 113 Å². The van der Waals surface area contributed by atoms with Crippen LogP contribution in [-0.2, 0) is 16.1 Å². The molecule has 2 unspecified atom stereocenters. The van der Waals surface area contributed by atoms with Gasteiger partial charge in [0.05, 0.1) is 29.9 Å². The number of halogens is 2. The van der Waals surface area contributed by atoms with Crippen molar-refractivity contribution in [3.8, 4) is 17.2 Å². The molecule has 3 aromatic rings. The quantitative estimate of drug-likeness (QED) is 0.345. The molecule has 2 atom stereocenters. The van der Waals surface area contributed by atoms with Crippen molar-refractivity contribution in [2.45, 2.75) is 24.9 Å². The number of methoxy groups -OCH3 is 1.